The summed E-state index contributed by atoms with van der Waals surface area (Å²) in [6.45, 7) is 1.10. The second-order valence-corrected chi connectivity index (χ2v) is 8.93. The SMILES string of the molecule is CS(=O)(=O)c1cc(C(=O)N2CCN(C(=O)Cc3ccccn3)CC2)cc([N+](=O)[O-])c1. The van der Waals surface area contributed by atoms with Crippen LogP contribution in [-0.4, -0.2) is 72.4 Å². The third-order valence-corrected chi connectivity index (χ3v) is 5.85. The van der Waals surface area contributed by atoms with Gasteiger partial charge in [-0.25, -0.2) is 8.42 Å². The van der Waals surface area contributed by atoms with Crippen molar-refractivity contribution in [2.75, 3.05) is 32.4 Å². The largest absolute Gasteiger partial charge is 0.339 e. The number of amides is 2. The van der Waals surface area contributed by atoms with Crippen molar-refractivity contribution in [2.24, 2.45) is 0 Å². The lowest BCUT2D eigenvalue weighted by Crippen LogP contribution is -2.51. The predicted octanol–water partition coefficient (Wildman–Crippen LogP) is 0.920. The Morgan fingerprint density at radius 1 is 1.10 bits per heavy atom. The molecule has 2 aromatic rings. The summed E-state index contributed by atoms with van der Waals surface area (Å²) in [5.74, 6) is -0.615. The van der Waals surface area contributed by atoms with E-state index < -0.39 is 26.4 Å². The first-order valence-electron chi connectivity index (χ1n) is 9.11. The van der Waals surface area contributed by atoms with Gasteiger partial charge < -0.3 is 9.80 Å². The molecule has 0 atom stereocenters. The van der Waals surface area contributed by atoms with Crippen LogP contribution >= 0.6 is 0 Å². The zero-order valence-corrected chi connectivity index (χ0v) is 17.0. The minimum Gasteiger partial charge on any atom is -0.339 e. The molecule has 0 bridgehead atoms. The molecule has 1 aromatic heterocycles. The molecule has 3 rings (SSSR count). The van der Waals surface area contributed by atoms with Gasteiger partial charge >= 0.3 is 0 Å². The molecule has 158 valence electrons. The number of non-ortho nitro benzene ring substituents is 1. The number of carbonyl (C=O) groups excluding carboxylic acids is 2. The fourth-order valence-corrected chi connectivity index (χ4v) is 3.81. The Labute approximate surface area is 173 Å². The van der Waals surface area contributed by atoms with Crippen LogP contribution in [0.3, 0.4) is 0 Å². The number of pyridine rings is 1. The van der Waals surface area contributed by atoms with E-state index in [1.165, 1.54) is 4.90 Å². The molecule has 0 saturated carbocycles. The number of aromatic nitrogens is 1. The number of sulfone groups is 1. The fourth-order valence-electron chi connectivity index (χ4n) is 3.14. The molecular weight excluding hydrogens is 412 g/mol. The molecule has 0 radical (unpaired) electrons. The van der Waals surface area contributed by atoms with Gasteiger partial charge in [-0.05, 0) is 18.2 Å². The molecule has 0 unspecified atom stereocenters. The maximum absolute atomic E-state index is 12.8. The lowest BCUT2D eigenvalue weighted by Gasteiger charge is -2.34. The second-order valence-electron chi connectivity index (χ2n) is 6.92. The van der Waals surface area contributed by atoms with Crippen molar-refractivity contribution in [1.29, 1.82) is 0 Å². The monoisotopic (exact) mass is 432 g/mol. The highest BCUT2D eigenvalue weighted by Gasteiger charge is 2.27. The van der Waals surface area contributed by atoms with Gasteiger partial charge in [-0.3, -0.25) is 24.7 Å². The van der Waals surface area contributed by atoms with Crippen LogP contribution in [0, 0.1) is 10.1 Å². The molecule has 1 fully saturated rings. The van der Waals surface area contributed by atoms with E-state index >= 15 is 0 Å². The molecule has 2 amide bonds. The van der Waals surface area contributed by atoms with Crippen LogP contribution in [-0.2, 0) is 21.1 Å². The van der Waals surface area contributed by atoms with Crippen LogP contribution in [0.15, 0.2) is 47.5 Å². The van der Waals surface area contributed by atoms with Crippen LogP contribution in [0.5, 0.6) is 0 Å². The number of benzene rings is 1. The lowest BCUT2D eigenvalue weighted by molar-refractivity contribution is -0.385. The maximum atomic E-state index is 12.8. The Balaban J connectivity index is 1.70. The number of rotatable bonds is 5. The topological polar surface area (TPSA) is 131 Å². The highest BCUT2D eigenvalue weighted by molar-refractivity contribution is 7.90. The third kappa shape index (κ3) is 4.98. The molecule has 0 aliphatic carbocycles. The van der Waals surface area contributed by atoms with E-state index in [2.05, 4.69) is 4.98 Å². The first-order valence-corrected chi connectivity index (χ1v) is 11.0. The van der Waals surface area contributed by atoms with E-state index in [-0.39, 0.29) is 35.9 Å². The summed E-state index contributed by atoms with van der Waals surface area (Å²) in [5, 5.41) is 11.1. The van der Waals surface area contributed by atoms with Crippen molar-refractivity contribution in [2.45, 2.75) is 11.3 Å². The van der Waals surface area contributed by atoms with E-state index in [1.807, 2.05) is 0 Å². The van der Waals surface area contributed by atoms with Gasteiger partial charge in [0.15, 0.2) is 9.84 Å². The number of carbonyl (C=O) groups is 2. The normalized spacial score (nSPS) is 14.4. The first kappa shape index (κ1) is 21.4. The number of nitro groups is 1. The van der Waals surface area contributed by atoms with E-state index in [1.54, 1.807) is 29.3 Å². The van der Waals surface area contributed by atoms with Gasteiger partial charge in [0.1, 0.15) is 0 Å². The number of hydrogen-bond acceptors (Lipinski definition) is 7. The van der Waals surface area contributed by atoms with Crippen molar-refractivity contribution in [3.05, 3.63) is 64.0 Å². The molecule has 1 aliphatic rings. The van der Waals surface area contributed by atoms with Crippen molar-refractivity contribution in [1.82, 2.24) is 14.8 Å². The molecule has 0 spiro atoms. The average Bonchev–Trinajstić information content (AvgIpc) is 2.73. The number of nitrogens with zero attached hydrogens (tertiary/aromatic N) is 4. The first-order chi connectivity index (χ1) is 14.1. The summed E-state index contributed by atoms with van der Waals surface area (Å²) in [6.07, 6.45) is 2.70. The van der Waals surface area contributed by atoms with Gasteiger partial charge in [0.05, 0.1) is 16.2 Å². The molecular formula is C19H20N4O6S. The standard InChI is InChI=1S/C19H20N4O6S/c1-30(28,29)17-11-14(10-16(13-17)23(26)27)19(25)22-8-6-21(7-9-22)18(24)12-15-4-2-3-5-20-15/h2-5,10-11,13H,6-9,12H2,1H3. The van der Waals surface area contributed by atoms with Gasteiger partial charge in [0, 0.05) is 62.0 Å². The quantitative estimate of drug-likeness (QED) is 0.507. The summed E-state index contributed by atoms with van der Waals surface area (Å²) < 4.78 is 23.7. The van der Waals surface area contributed by atoms with Gasteiger partial charge in [-0.1, -0.05) is 6.07 Å². The Hall–Kier alpha value is -3.34. The van der Waals surface area contributed by atoms with E-state index in [4.69, 9.17) is 0 Å². The average molecular weight is 432 g/mol. The zero-order chi connectivity index (χ0) is 21.9. The lowest BCUT2D eigenvalue weighted by atomic mass is 10.1. The van der Waals surface area contributed by atoms with Crippen LogP contribution < -0.4 is 0 Å². The molecule has 0 N–H and O–H groups in total. The fraction of sp³-hybridized carbons (Fsp3) is 0.316. The van der Waals surface area contributed by atoms with Crippen LogP contribution in [0.4, 0.5) is 5.69 Å². The second kappa shape index (κ2) is 8.57. The van der Waals surface area contributed by atoms with E-state index in [0.29, 0.717) is 18.8 Å². The summed E-state index contributed by atoms with van der Waals surface area (Å²) in [7, 11) is -3.73. The van der Waals surface area contributed by atoms with Crippen molar-refractivity contribution >= 4 is 27.3 Å². The number of hydrogen-bond donors (Lipinski definition) is 0. The number of nitro benzene ring substituents is 1. The summed E-state index contributed by atoms with van der Waals surface area (Å²) in [6, 6.07) is 8.47. The van der Waals surface area contributed by atoms with Gasteiger partial charge in [-0.15, -0.1) is 0 Å². The zero-order valence-electron chi connectivity index (χ0n) is 16.2. The minimum atomic E-state index is -3.73. The molecule has 1 saturated heterocycles. The Bertz CT molecular complexity index is 1080. The highest BCUT2D eigenvalue weighted by atomic mass is 32.2. The summed E-state index contributed by atoms with van der Waals surface area (Å²) in [4.78, 5) is 42.6. The smallest absolute Gasteiger partial charge is 0.271 e. The van der Waals surface area contributed by atoms with E-state index in [0.717, 1.165) is 24.5 Å². The Morgan fingerprint density at radius 3 is 2.33 bits per heavy atom. The van der Waals surface area contributed by atoms with Crippen LogP contribution in [0.1, 0.15) is 16.1 Å². The summed E-state index contributed by atoms with van der Waals surface area (Å²) >= 11 is 0. The molecule has 11 heteroatoms. The molecule has 30 heavy (non-hydrogen) atoms. The molecule has 1 aliphatic heterocycles. The van der Waals surface area contributed by atoms with Gasteiger partial charge in [-0.2, -0.15) is 0 Å². The van der Waals surface area contributed by atoms with Crippen LogP contribution in [0.2, 0.25) is 0 Å². The van der Waals surface area contributed by atoms with Crippen molar-refractivity contribution in [3.63, 3.8) is 0 Å². The molecule has 2 heterocycles. The Morgan fingerprint density at radius 2 is 1.77 bits per heavy atom. The summed E-state index contributed by atoms with van der Waals surface area (Å²) in [5.41, 5.74) is 0.120. The van der Waals surface area contributed by atoms with Gasteiger partial charge in [0.25, 0.3) is 11.6 Å². The third-order valence-electron chi connectivity index (χ3n) is 4.76. The maximum Gasteiger partial charge on any atom is 0.271 e. The predicted molar refractivity (Wildman–Crippen MR) is 107 cm³/mol. The molecule has 10 nitrogen and oxygen atoms in total. The van der Waals surface area contributed by atoms with Crippen molar-refractivity contribution < 1.29 is 22.9 Å². The van der Waals surface area contributed by atoms with E-state index in [9.17, 15) is 28.1 Å². The van der Waals surface area contributed by atoms with Crippen LogP contribution in [0.25, 0.3) is 0 Å². The van der Waals surface area contributed by atoms with Crippen molar-refractivity contribution in [3.8, 4) is 0 Å². The number of piperazine rings is 1. The highest BCUT2D eigenvalue weighted by Crippen LogP contribution is 2.22. The Kier molecular flexibility index (Phi) is 6.11. The molecule has 1 aromatic carbocycles. The van der Waals surface area contributed by atoms with Gasteiger partial charge in [0.2, 0.25) is 5.91 Å². The minimum absolute atomic E-state index is 0.0714.